The van der Waals surface area contributed by atoms with Gasteiger partial charge in [0.15, 0.2) is 0 Å². The fraction of sp³-hybridized carbons (Fsp3) is 0.421. The summed E-state index contributed by atoms with van der Waals surface area (Å²) < 4.78 is 5.33. The molecule has 1 aliphatic rings. The van der Waals surface area contributed by atoms with Gasteiger partial charge >= 0.3 is 0 Å². The number of piperidine rings is 1. The summed E-state index contributed by atoms with van der Waals surface area (Å²) in [6.45, 7) is 1.53. The van der Waals surface area contributed by atoms with Crippen LogP contribution in [0.4, 0.5) is 5.82 Å². The Bertz CT molecular complexity index is 718. The van der Waals surface area contributed by atoms with Crippen molar-refractivity contribution in [2.24, 2.45) is 5.92 Å². The van der Waals surface area contributed by atoms with Crippen molar-refractivity contribution in [3.05, 3.63) is 47.7 Å². The summed E-state index contributed by atoms with van der Waals surface area (Å²) in [6, 6.07) is 11.3. The number of hydrogen-bond donors (Lipinski definition) is 1. The van der Waals surface area contributed by atoms with Crippen molar-refractivity contribution in [3.8, 4) is 5.75 Å². The van der Waals surface area contributed by atoms with E-state index in [0.29, 0.717) is 17.2 Å². The van der Waals surface area contributed by atoms with Crippen molar-refractivity contribution in [2.75, 3.05) is 32.6 Å². The SMILES string of the molecule is CNc1ccc(CC2CCCN(C(=O)c3ccccc3OC)C2)nn1. The standard InChI is InChI=1S/C19H24N4O2/c1-20-18-10-9-15(21-22-18)12-14-6-5-11-23(13-14)19(24)16-7-3-4-8-17(16)25-2/h3-4,7-10,14H,5-6,11-13H2,1-2H3,(H,20,22). The lowest BCUT2D eigenvalue weighted by atomic mass is 9.93. The zero-order chi connectivity index (χ0) is 17.6. The van der Waals surface area contributed by atoms with Crippen LogP contribution in [0, 0.1) is 5.92 Å². The summed E-state index contributed by atoms with van der Waals surface area (Å²) in [4.78, 5) is 14.8. The highest BCUT2D eigenvalue weighted by Crippen LogP contribution is 2.25. The number of nitrogens with zero attached hydrogens (tertiary/aromatic N) is 3. The second kappa shape index (κ2) is 7.96. The molecule has 1 aliphatic heterocycles. The van der Waals surface area contributed by atoms with Crippen molar-refractivity contribution in [1.29, 1.82) is 0 Å². The van der Waals surface area contributed by atoms with Crippen molar-refractivity contribution >= 4 is 11.7 Å². The van der Waals surface area contributed by atoms with Gasteiger partial charge in [-0.25, -0.2) is 0 Å². The minimum atomic E-state index is 0.0405. The van der Waals surface area contributed by atoms with E-state index in [1.807, 2.05) is 48.3 Å². The van der Waals surface area contributed by atoms with E-state index in [1.54, 1.807) is 7.11 Å². The molecule has 1 saturated heterocycles. The Balaban J connectivity index is 1.66. The van der Waals surface area contributed by atoms with Gasteiger partial charge in [0, 0.05) is 20.1 Å². The molecule has 0 saturated carbocycles. The van der Waals surface area contributed by atoms with Gasteiger partial charge in [0.1, 0.15) is 11.6 Å². The molecule has 1 fully saturated rings. The summed E-state index contributed by atoms with van der Waals surface area (Å²) in [5, 5.41) is 11.4. The predicted molar refractivity (Wildman–Crippen MR) is 96.9 cm³/mol. The van der Waals surface area contributed by atoms with Gasteiger partial charge in [-0.2, -0.15) is 5.10 Å². The number of carbonyl (C=O) groups is 1. The third-order valence-electron chi connectivity index (χ3n) is 4.62. The number of likely N-dealkylation sites (tertiary alicyclic amines) is 1. The summed E-state index contributed by atoms with van der Waals surface area (Å²) in [5.74, 6) is 1.84. The first kappa shape index (κ1) is 17.2. The lowest BCUT2D eigenvalue weighted by Crippen LogP contribution is -2.40. The van der Waals surface area contributed by atoms with Gasteiger partial charge in [-0.15, -0.1) is 5.10 Å². The monoisotopic (exact) mass is 340 g/mol. The topological polar surface area (TPSA) is 67.4 Å². The van der Waals surface area contributed by atoms with E-state index in [2.05, 4.69) is 15.5 Å². The molecule has 1 aromatic carbocycles. The molecule has 25 heavy (non-hydrogen) atoms. The molecule has 1 atom stereocenters. The molecule has 3 rings (SSSR count). The van der Waals surface area contributed by atoms with E-state index < -0.39 is 0 Å². The van der Waals surface area contributed by atoms with Gasteiger partial charge in [-0.1, -0.05) is 12.1 Å². The third-order valence-corrected chi connectivity index (χ3v) is 4.62. The molecule has 2 aromatic rings. The number of ether oxygens (including phenoxy) is 1. The Morgan fingerprint density at radius 3 is 2.84 bits per heavy atom. The Hall–Kier alpha value is -2.63. The maximum Gasteiger partial charge on any atom is 0.257 e. The number of carbonyl (C=O) groups excluding carboxylic acids is 1. The Labute approximate surface area is 148 Å². The van der Waals surface area contributed by atoms with Gasteiger partial charge in [0.25, 0.3) is 5.91 Å². The maximum atomic E-state index is 12.9. The van der Waals surface area contributed by atoms with Crippen molar-refractivity contribution < 1.29 is 9.53 Å². The van der Waals surface area contributed by atoms with Crippen molar-refractivity contribution in [3.63, 3.8) is 0 Å². The fourth-order valence-electron chi connectivity index (χ4n) is 3.31. The highest BCUT2D eigenvalue weighted by atomic mass is 16.5. The lowest BCUT2D eigenvalue weighted by Gasteiger charge is -2.33. The predicted octanol–water partition coefficient (Wildman–Crippen LogP) is 2.62. The quantitative estimate of drug-likeness (QED) is 0.906. The molecular formula is C19H24N4O2. The highest BCUT2D eigenvalue weighted by Gasteiger charge is 2.26. The van der Waals surface area contributed by atoms with Crippen LogP contribution >= 0.6 is 0 Å². The van der Waals surface area contributed by atoms with Crippen LogP contribution in [-0.2, 0) is 6.42 Å². The molecule has 0 aliphatic carbocycles. The molecule has 1 N–H and O–H groups in total. The molecule has 0 spiro atoms. The molecule has 132 valence electrons. The van der Waals surface area contributed by atoms with Crippen LogP contribution in [0.15, 0.2) is 36.4 Å². The van der Waals surface area contributed by atoms with Crippen LogP contribution in [0.1, 0.15) is 28.9 Å². The molecule has 0 radical (unpaired) electrons. The van der Waals surface area contributed by atoms with E-state index in [-0.39, 0.29) is 5.91 Å². The Morgan fingerprint density at radius 1 is 1.28 bits per heavy atom. The number of benzene rings is 1. The van der Waals surface area contributed by atoms with Crippen LogP contribution in [-0.4, -0.2) is 48.3 Å². The number of rotatable bonds is 5. The zero-order valence-corrected chi connectivity index (χ0v) is 14.7. The average Bonchev–Trinajstić information content (AvgIpc) is 2.68. The second-order valence-corrected chi connectivity index (χ2v) is 6.32. The summed E-state index contributed by atoms with van der Waals surface area (Å²) in [6.07, 6.45) is 2.95. The van der Waals surface area contributed by atoms with E-state index in [1.165, 1.54) is 0 Å². The van der Waals surface area contributed by atoms with Crippen molar-refractivity contribution in [1.82, 2.24) is 15.1 Å². The largest absolute Gasteiger partial charge is 0.496 e. The van der Waals surface area contributed by atoms with Crippen LogP contribution < -0.4 is 10.1 Å². The molecule has 6 nitrogen and oxygen atoms in total. The molecule has 0 bridgehead atoms. The van der Waals surface area contributed by atoms with Gasteiger partial charge in [-0.05, 0) is 49.4 Å². The summed E-state index contributed by atoms with van der Waals surface area (Å²) in [7, 11) is 3.42. The molecule has 2 heterocycles. The number of amides is 1. The number of anilines is 1. The summed E-state index contributed by atoms with van der Waals surface area (Å²) in [5.41, 5.74) is 1.60. The van der Waals surface area contributed by atoms with Crippen LogP contribution in [0.2, 0.25) is 0 Å². The minimum absolute atomic E-state index is 0.0405. The normalized spacial score (nSPS) is 17.2. The van der Waals surface area contributed by atoms with E-state index in [9.17, 15) is 4.79 Å². The van der Waals surface area contributed by atoms with Gasteiger partial charge < -0.3 is 15.0 Å². The van der Waals surface area contributed by atoms with E-state index >= 15 is 0 Å². The first-order valence-corrected chi connectivity index (χ1v) is 8.64. The van der Waals surface area contributed by atoms with Gasteiger partial charge in [0.2, 0.25) is 0 Å². The Kier molecular flexibility index (Phi) is 5.48. The number of nitrogens with one attached hydrogen (secondary N) is 1. The van der Waals surface area contributed by atoms with Crippen LogP contribution in [0.5, 0.6) is 5.75 Å². The number of hydrogen-bond acceptors (Lipinski definition) is 5. The molecule has 1 amide bonds. The number of methoxy groups -OCH3 is 1. The van der Waals surface area contributed by atoms with Crippen molar-refractivity contribution in [2.45, 2.75) is 19.3 Å². The lowest BCUT2D eigenvalue weighted by molar-refractivity contribution is 0.0669. The Morgan fingerprint density at radius 2 is 2.12 bits per heavy atom. The third kappa shape index (κ3) is 4.07. The molecule has 1 unspecified atom stereocenters. The van der Waals surface area contributed by atoms with E-state index in [4.69, 9.17) is 4.74 Å². The molecule has 6 heteroatoms. The van der Waals surface area contributed by atoms with Crippen LogP contribution in [0.25, 0.3) is 0 Å². The van der Waals surface area contributed by atoms with Crippen LogP contribution in [0.3, 0.4) is 0 Å². The molecular weight excluding hydrogens is 316 g/mol. The maximum absolute atomic E-state index is 12.9. The fourth-order valence-corrected chi connectivity index (χ4v) is 3.31. The summed E-state index contributed by atoms with van der Waals surface area (Å²) >= 11 is 0. The zero-order valence-electron chi connectivity index (χ0n) is 14.7. The van der Waals surface area contributed by atoms with Gasteiger partial charge in [0.05, 0.1) is 18.4 Å². The number of para-hydroxylation sites is 1. The van der Waals surface area contributed by atoms with Gasteiger partial charge in [-0.3, -0.25) is 4.79 Å². The first-order valence-electron chi connectivity index (χ1n) is 8.64. The van der Waals surface area contributed by atoms with E-state index in [0.717, 1.165) is 43.9 Å². The minimum Gasteiger partial charge on any atom is -0.496 e. The highest BCUT2D eigenvalue weighted by molar-refractivity contribution is 5.97. The second-order valence-electron chi connectivity index (χ2n) is 6.32. The molecule has 1 aromatic heterocycles. The average molecular weight is 340 g/mol. The first-order chi connectivity index (χ1) is 12.2. The number of aromatic nitrogens is 2. The smallest absolute Gasteiger partial charge is 0.257 e.